The van der Waals surface area contributed by atoms with Crippen LogP contribution in [0.1, 0.15) is 13.3 Å². The van der Waals surface area contributed by atoms with Crippen LogP contribution in [0.2, 0.25) is 0 Å². The highest BCUT2D eigenvalue weighted by Gasteiger charge is 2.22. The van der Waals surface area contributed by atoms with Crippen LogP contribution in [-0.4, -0.2) is 47.8 Å². The van der Waals surface area contributed by atoms with Gasteiger partial charge in [-0.05, 0) is 12.5 Å². The van der Waals surface area contributed by atoms with Crippen LogP contribution in [0.4, 0.5) is 0 Å². The molecule has 16 heavy (non-hydrogen) atoms. The van der Waals surface area contributed by atoms with E-state index in [2.05, 4.69) is 10.6 Å². The van der Waals surface area contributed by atoms with Crippen molar-refractivity contribution < 1.29 is 19.8 Å². The normalized spacial score (nSPS) is 16.2. The predicted octanol–water partition coefficient (Wildman–Crippen LogP) is -1.14. The Morgan fingerprint density at radius 3 is 2.50 bits per heavy atom. The van der Waals surface area contributed by atoms with Gasteiger partial charge in [-0.1, -0.05) is 0 Å². The maximum atomic E-state index is 11.6. The third-order valence-corrected chi connectivity index (χ3v) is 2.57. The molecular formula is C10H16N2O4. The van der Waals surface area contributed by atoms with Crippen molar-refractivity contribution in [3.63, 3.8) is 0 Å². The molecule has 0 spiro atoms. The van der Waals surface area contributed by atoms with Crippen LogP contribution in [-0.2, 0) is 9.59 Å². The van der Waals surface area contributed by atoms with E-state index in [1.165, 1.54) is 0 Å². The van der Waals surface area contributed by atoms with E-state index in [0.29, 0.717) is 18.7 Å². The second kappa shape index (κ2) is 5.62. The highest BCUT2D eigenvalue weighted by molar-refractivity contribution is 5.96. The summed E-state index contributed by atoms with van der Waals surface area (Å²) in [6, 6.07) is -1.03. The van der Waals surface area contributed by atoms with E-state index in [1.807, 2.05) is 0 Å². The number of hydrogen-bond acceptors (Lipinski definition) is 4. The van der Waals surface area contributed by atoms with Crippen molar-refractivity contribution in [3.05, 3.63) is 11.1 Å². The van der Waals surface area contributed by atoms with E-state index in [1.54, 1.807) is 6.92 Å². The van der Waals surface area contributed by atoms with Crippen LogP contribution >= 0.6 is 0 Å². The van der Waals surface area contributed by atoms with Crippen LogP contribution < -0.4 is 10.6 Å². The molecule has 0 aromatic carbocycles. The van der Waals surface area contributed by atoms with Gasteiger partial charge in [0, 0.05) is 31.7 Å². The van der Waals surface area contributed by atoms with Gasteiger partial charge in [0.25, 0.3) is 0 Å². The quantitative estimate of drug-likeness (QED) is 0.446. The second-order valence-electron chi connectivity index (χ2n) is 3.71. The van der Waals surface area contributed by atoms with Crippen LogP contribution in [0.5, 0.6) is 0 Å². The second-order valence-corrected chi connectivity index (χ2v) is 3.71. The summed E-state index contributed by atoms with van der Waals surface area (Å²) >= 11 is 0. The topological polar surface area (TPSA) is 98.7 Å². The van der Waals surface area contributed by atoms with Gasteiger partial charge in [-0.25, -0.2) is 4.79 Å². The van der Waals surface area contributed by atoms with E-state index >= 15 is 0 Å². The minimum atomic E-state index is -1.13. The molecule has 1 saturated heterocycles. The third-order valence-electron chi connectivity index (χ3n) is 2.57. The van der Waals surface area contributed by atoms with E-state index in [-0.39, 0.29) is 18.9 Å². The molecule has 0 saturated carbocycles. The number of hydrogen-bond donors (Lipinski definition) is 4. The number of carboxylic acids is 1. The van der Waals surface area contributed by atoms with Gasteiger partial charge in [-0.15, -0.1) is 0 Å². The largest absolute Gasteiger partial charge is 0.480 e. The Kier molecular flexibility index (Phi) is 4.45. The minimum Gasteiger partial charge on any atom is -0.480 e. The molecule has 1 amide bonds. The molecule has 0 aromatic heterocycles. The minimum absolute atomic E-state index is 0.0158. The summed E-state index contributed by atoms with van der Waals surface area (Å²) in [5.41, 5.74) is 1.55. The van der Waals surface area contributed by atoms with Gasteiger partial charge in [-0.2, -0.15) is 0 Å². The monoisotopic (exact) mass is 228 g/mol. The molecule has 1 rings (SSSR count). The average Bonchev–Trinajstić information content (AvgIpc) is 2.13. The van der Waals surface area contributed by atoms with Gasteiger partial charge in [0.1, 0.15) is 6.04 Å². The lowest BCUT2D eigenvalue weighted by molar-refractivity contribution is -0.141. The van der Waals surface area contributed by atoms with Crippen LogP contribution in [0.25, 0.3) is 0 Å². The van der Waals surface area contributed by atoms with E-state index in [0.717, 1.165) is 5.57 Å². The Morgan fingerprint density at radius 1 is 1.50 bits per heavy atom. The van der Waals surface area contributed by atoms with Crippen molar-refractivity contribution in [1.29, 1.82) is 0 Å². The molecule has 1 aliphatic heterocycles. The van der Waals surface area contributed by atoms with E-state index in [4.69, 9.17) is 10.2 Å². The molecule has 4 N–H and O–H groups in total. The Balaban J connectivity index is 2.57. The molecule has 0 radical (unpaired) electrons. The standard InChI is InChI=1S/C10H16N2O4/c1-6(7-4-11-5-7)9(14)12-8(2-3-13)10(15)16/h8,11,13H,2-5H2,1H3,(H,12,14)(H,15,16). The first-order valence-electron chi connectivity index (χ1n) is 5.10. The van der Waals surface area contributed by atoms with Gasteiger partial charge >= 0.3 is 5.97 Å². The lowest BCUT2D eigenvalue weighted by Crippen LogP contribution is -2.44. The van der Waals surface area contributed by atoms with Crippen LogP contribution in [0, 0.1) is 0 Å². The summed E-state index contributed by atoms with van der Waals surface area (Å²) < 4.78 is 0. The highest BCUT2D eigenvalue weighted by Crippen LogP contribution is 2.09. The first kappa shape index (κ1) is 12.7. The molecule has 1 aliphatic rings. The van der Waals surface area contributed by atoms with E-state index in [9.17, 15) is 9.59 Å². The van der Waals surface area contributed by atoms with Crippen molar-refractivity contribution in [2.24, 2.45) is 0 Å². The Hall–Kier alpha value is -1.40. The molecule has 90 valence electrons. The number of carbonyl (C=O) groups excluding carboxylic acids is 1. The smallest absolute Gasteiger partial charge is 0.326 e. The fourth-order valence-corrected chi connectivity index (χ4v) is 1.33. The molecular weight excluding hydrogens is 212 g/mol. The zero-order valence-corrected chi connectivity index (χ0v) is 9.12. The summed E-state index contributed by atoms with van der Waals surface area (Å²) in [5, 5.41) is 22.8. The summed E-state index contributed by atoms with van der Waals surface area (Å²) in [7, 11) is 0. The first-order chi connectivity index (χ1) is 7.56. The highest BCUT2D eigenvalue weighted by atomic mass is 16.4. The number of nitrogens with one attached hydrogen (secondary N) is 2. The van der Waals surface area contributed by atoms with E-state index < -0.39 is 12.0 Å². The number of amides is 1. The maximum Gasteiger partial charge on any atom is 0.326 e. The third kappa shape index (κ3) is 3.04. The number of aliphatic hydroxyl groups is 1. The summed E-state index contributed by atoms with van der Waals surface area (Å²) in [5.74, 6) is -1.51. The Bertz CT molecular complexity index is 319. The molecule has 0 bridgehead atoms. The zero-order valence-electron chi connectivity index (χ0n) is 9.12. The van der Waals surface area contributed by atoms with Gasteiger partial charge in [0.15, 0.2) is 0 Å². The first-order valence-corrected chi connectivity index (χ1v) is 5.10. The maximum absolute atomic E-state index is 11.6. The molecule has 1 fully saturated rings. The lowest BCUT2D eigenvalue weighted by Gasteiger charge is -2.22. The molecule has 6 nitrogen and oxygen atoms in total. The van der Waals surface area contributed by atoms with Gasteiger partial charge in [0.2, 0.25) is 5.91 Å². The van der Waals surface area contributed by atoms with Crippen LogP contribution in [0.15, 0.2) is 11.1 Å². The predicted molar refractivity (Wildman–Crippen MR) is 56.8 cm³/mol. The van der Waals surface area contributed by atoms with Crippen LogP contribution in [0.3, 0.4) is 0 Å². The molecule has 1 heterocycles. The van der Waals surface area contributed by atoms with Crippen molar-refractivity contribution in [2.45, 2.75) is 19.4 Å². The number of carbonyl (C=O) groups is 2. The number of aliphatic hydroxyl groups excluding tert-OH is 1. The Labute approximate surface area is 93.3 Å². The van der Waals surface area contributed by atoms with Crippen molar-refractivity contribution in [1.82, 2.24) is 10.6 Å². The van der Waals surface area contributed by atoms with Crippen molar-refractivity contribution in [3.8, 4) is 0 Å². The van der Waals surface area contributed by atoms with Gasteiger partial charge in [0.05, 0.1) is 0 Å². The Morgan fingerprint density at radius 2 is 2.12 bits per heavy atom. The number of rotatable bonds is 5. The fourth-order valence-electron chi connectivity index (χ4n) is 1.33. The molecule has 1 atom stereocenters. The zero-order chi connectivity index (χ0) is 12.1. The average molecular weight is 228 g/mol. The molecule has 0 aliphatic carbocycles. The van der Waals surface area contributed by atoms with Crippen molar-refractivity contribution in [2.75, 3.05) is 19.7 Å². The molecule has 1 unspecified atom stereocenters. The number of carboxylic acid groups (broad SMARTS) is 1. The summed E-state index contributed by atoms with van der Waals surface area (Å²) in [4.78, 5) is 22.4. The lowest BCUT2D eigenvalue weighted by atomic mass is 10.0. The van der Waals surface area contributed by atoms with Crippen molar-refractivity contribution >= 4 is 11.9 Å². The molecule has 6 heteroatoms. The fraction of sp³-hybridized carbons (Fsp3) is 0.600. The van der Waals surface area contributed by atoms with Gasteiger partial charge in [-0.3, -0.25) is 4.79 Å². The summed E-state index contributed by atoms with van der Waals surface area (Å²) in [6.45, 7) is 2.76. The SMILES string of the molecule is CC(C(=O)NC(CCO)C(=O)O)=C1CNC1. The number of aliphatic carboxylic acids is 1. The molecule has 0 aromatic rings. The summed E-state index contributed by atoms with van der Waals surface area (Å²) in [6.07, 6.45) is 0.0158. The van der Waals surface area contributed by atoms with Gasteiger partial charge < -0.3 is 20.8 Å².